The zero-order valence-corrected chi connectivity index (χ0v) is 9.78. The maximum atomic E-state index is 11.6. The van der Waals surface area contributed by atoms with Crippen LogP contribution in [0.15, 0.2) is 53.9 Å². The van der Waals surface area contributed by atoms with Crippen LogP contribution in [-0.2, 0) is 4.84 Å². The fraction of sp³-hybridized carbons (Fsp3) is 0.0769. The summed E-state index contributed by atoms with van der Waals surface area (Å²) in [6.07, 6.45) is 3.17. The lowest BCUT2D eigenvalue weighted by atomic mass is 10.3. The molecule has 0 unspecified atom stereocenters. The first-order valence-corrected chi connectivity index (χ1v) is 5.36. The number of hydrogen-bond acceptors (Lipinski definition) is 5. The highest BCUT2D eigenvalue weighted by Crippen LogP contribution is 2.00. The quantitative estimate of drug-likeness (QED) is 0.468. The molecule has 0 saturated heterocycles. The molecule has 5 heteroatoms. The summed E-state index contributed by atoms with van der Waals surface area (Å²) in [5.41, 5.74) is 1.40. The molecule has 0 bridgehead atoms. The van der Waals surface area contributed by atoms with Crippen molar-refractivity contribution in [1.29, 1.82) is 0 Å². The summed E-state index contributed by atoms with van der Waals surface area (Å²) >= 11 is 0. The zero-order chi connectivity index (χ0) is 12.8. The van der Waals surface area contributed by atoms with Gasteiger partial charge in [-0.2, -0.15) is 0 Å². The minimum Gasteiger partial charge on any atom is -0.311 e. The minimum absolute atomic E-state index is 0.218. The third-order valence-corrected chi connectivity index (χ3v) is 2.18. The molecule has 5 nitrogen and oxygen atoms in total. The number of rotatable bonds is 3. The number of nitrogens with zero attached hydrogens (tertiary/aromatic N) is 3. The molecule has 0 atom stereocenters. The molecule has 2 rings (SSSR count). The van der Waals surface area contributed by atoms with E-state index in [4.69, 9.17) is 4.84 Å². The molecule has 2 aromatic heterocycles. The van der Waals surface area contributed by atoms with Gasteiger partial charge in [0.05, 0.1) is 5.69 Å². The highest BCUT2D eigenvalue weighted by molar-refractivity contribution is 5.97. The average Bonchev–Trinajstić information content (AvgIpc) is 2.46. The number of carbonyl (C=O) groups excluding carboxylic acids is 1. The zero-order valence-electron chi connectivity index (χ0n) is 9.78. The van der Waals surface area contributed by atoms with E-state index in [1.54, 1.807) is 43.5 Å². The van der Waals surface area contributed by atoms with Gasteiger partial charge in [0.25, 0.3) is 0 Å². The van der Waals surface area contributed by atoms with Crippen molar-refractivity contribution in [3.8, 4) is 0 Å². The fourth-order valence-electron chi connectivity index (χ4n) is 1.26. The first-order chi connectivity index (χ1) is 8.77. The SMILES string of the molecule is C/C(=N\OC(=O)c1ccccn1)c1ccccn1. The second kappa shape index (κ2) is 5.67. The van der Waals surface area contributed by atoms with Gasteiger partial charge in [0.15, 0.2) is 5.69 Å². The van der Waals surface area contributed by atoms with Gasteiger partial charge < -0.3 is 4.84 Å². The Balaban J connectivity index is 2.05. The van der Waals surface area contributed by atoms with E-state index in [1.165, 1.54) is 6.20 Å². The molecule has 18 heavy (non-hydrogen) atoms. The van der Waals surface area contributed by atoms with E-state index in [2.05, 4.69) is 15.1 Å². The van der Waals surface area contributed by atoms with Crippen LogP contribution in [0, 0.1) is 0 Å². The fourth-order valence-corrected chi connectivity index (χ4v) is 1.26. The lowest BCUT2D eigenvalue weighted by molar-refractivity contribution is 0.0509. The van der Waals surface area contributed by atoms with Gasteiger partial charge in [-0.3, -0.25) is 4.98 Å². The van der Waals surface area contributed by atoms with Gasteiger partial charge in [-0.1, -0.05) is 17.3 Å². The van der Waals surface area contributed by atoms with E-state index in [-0.39, 0.29) is 5.69 Å². The molecule has 2 aromatic rings. The number of aromatic nitrogens is 2. The molecule has 0 saturated carbocycles. The molecule has 2 heterocycles. The Morgan fingerprint density at radius 2 is 1.67 bits per heavy atom. The highest BCUT2D eigenvalue weighted by Gasteiger charge is 2.08. The summed E-state index contributed by atoms with van der Waals surface area (Å²) in [6.45, 7) is 1.72. The third-order valence-electron chi connectivity index (χ3n) is 2.18. The van der Waals surface area contributed by atoms with E-state index in [0.29, 0.717) is 11.4 Å². The maximum Gasteiger partial charge on any atom is 0.383 e. The smallest absolute Gasteiger partial charge is 0.311 e. The molecule has 0 aliphatic rings. The molecule has 0 N–H and O–H groups in total. The van der Waals surface area contributed by atoms with E-state index >= 15 is 0 Å². The Morgan fingerprint density at radius 1 is 1.06 bits per heavy atom. The summed E-state index contributed by atoms with van der Waals surface area (Å²) in [4.78, 5) is 24.3. The van der Waals surface area contributed by atoms with E-state index in [1.807, 2.05) is 6.07 Å². The van der Waals surface area contributed by atoms with Crippen LogP contribution < -0.4 is 0 Å². The van der Waals surface area contributed by atoms with Crippen molar-refractivity contribution >= 4 is 11.7 Å². The van der Waals surface area contributed by atoms with Crippen molar-refractivity contribution in [2.24, 2.45) is 5.16 Å². The van der Waals surface area contributed by atoms with Crippen molar-refractivity contribution in [3.05, 3.63) is 60.2 Å². The Kier molecular flexibility index (Phi) is 3.76. The Morgan fingerprint density at radius 3 is 2.22 bits per heavy atom. The van der Waals surface area contributed by atoms with E-state index < -0.39 is 5.97 Å². The van der Waals surface area contributed by atoms with Gasteiger partial charge in [-0.25, -0.2) is 9.78 Å². The van der Waals surface area contributed by atoms with Crippen LogP contribution in [0.4, 0.5) is 0 Å². The van der Waals surface area contributed by atoms with Crippen LogP contribution >= 0.6 is 0 Å². The van der Waals surface area contributed by atoms with Crippen molar-refractivity contribution in [3.63, 3.8) is 0 Å². The minimum atomic E-state index is -0.592. The summed E-state index contributed by atoms with van der Waals surface area (Å²) in [6, 6.07) is 10.4. The first kappa shape index (κ1) is 11.9. The van der Waals surface area contributed by atoms with Crippen molar-refractivity contribution < 1.29 is 9.63 Å². The van der Waals surface area contributed by atoms with Crippen molar-refractivity contribution in [2.75, 3.05) is 0 Å². The topological polar surface area (TPSA) is 64.4 Å². The predicted octanol–water partition coefficient (Wildman–Crippen LogP) is 2.06. The summed E-state index contributed by atoms with van der Waals surface area (Å²) in [5, 5.41) is 3.74. The molecular weight excluding hydrogens is 230 g/mol. The molecule has 0 spiro atoms. The Bertz CT molecular complexity index is 553. The normalized spacial score (nSPS) is 11.1. The molecular formula is C13H11N3O2. The molecule has 0 amide bonds. The Labute approximate surface area is 104 Å². The largest absolute Gasteiger partial charge is 0.383 e. The van der Waals surface area contributed by atoms with Crippen LogP contribution in [0.3, 0.4) is 0 Å². The third kappa shape index (κ3) is 2.98. The van der Waals surface area contributed by atoms with Crippen LogP contribution in [0.25, 0.3) is 0 Å². The second-order valence-corrected chi connectivity index (χ2v) is 3.49. The van der Waals surface area contributed by atoms with Gasteiger partial charge in [-0.15, -0.1) is 0 Å². The molecule has 0 aromatic carbocycles. The molecule has 90 valence electrons. The second-order valence-electron chi connectivity index (χ2n) is 3.49. The molecule has 0 radical (unpaired) electrons. The average molecular weight is 241 g/mol. The molecule has 0 aliphatic carbocycles. The predicted molar refractivity (Wildman–Crippen MR) is 66.1 cm³/mol. The first-order valence-electron chi connectivity index (χ1n) is 5.36. The van der Waals surface area contributed by atoms with Crippen molar-refractivity contribution in [2.45, 2.75) is 6.92 Å². The summed E-state index contributed by atoms with van der Waals surface area (Å²) < 4.78 is 0. The van der Waals surface area contributed by atoms with Crippen LogP contribution in [0.1, 0.15) is 23.1 Å². The van der Waals surface area contributed by atoms with E-state index in [0.717, 1.165) is 0 Å². The number of hydrogen-bond donors (Lipinski definition) is 0. The lowest BCUT2D eigenvalue weighted by Gasteiger charge is -1.99. The molecule has 0 fully saturated rings. The van der Waals surface area contributed by atoms with Crippen LogP contribution in [0.2, 0.25) is 0 Å². The monoisotopic (exact) mass is 241 g/mol. The molecule has 0 aliphatic heterocycles. The highest BCUT2D eigenvalue weighted by atomic mass is 16.7. The Hall–Kier alpha value is -2.56. The van der Waals surface area contributed by atoms with Gasteiger partial charge in [0, 0.05) is 12.4 Å². The number of oxime groups is 1. The number of carbonyl (C=O) groups is 1. The van der Waals surface area contributed by atoms with E-state index in [9.17, 15) is 4.79 Å². The van der Waals surface area contributed by atoms with Gasteiger partial charge >= 0.3 is 5.97 Å². The maximum absolute atomic E-state index is 11.6. The van der Waals surface area contributed by atoms with Gasteiger partial charge in [0.2, 0.25) is 0 Å². The summed E-state index contributed by atoms with van der Waals surface area (Å²) in [7, 11) is 0. The summed E-state index contributed by atoms with van der Waals surface area (Å²) in [5.74, 6) is -0.592. The van der Waals surface area contributed by atoms with Crippen molar-refractivity contribution in [1.82, 2.24) is 9.97 Å². The van der Waals surface area contributed by atoms with Gasteiger partial charge in [0.1, 0.15) is 5.71 Å². The van der Waals surface area contributed by atoms with Crippen LogP contribution in [-0.4, -0.2) is 21.6 Å². The van der Waals surface area contributed by atoms with Gasteiger partial charge in [-0.05, 0) is 31.2 Å². The lowest BCUT2D eigenvalue weighted by Crippen LogP contribution is -2.06. The standard InChI is InChI=1S/C13H11N3O2/c1-10(11-6-2-4-8-14-11)16-18-13(17)12-7-3-5-9-15-12/h2-9H,1H3/b16-10+. The number of pyridine rings is 2. The van der Waals surface area contributed by atoms with Crippen LogP contribution in [0.5, 0.6) is 0 Å².